The first kappa shape index (κ1) is 16.5. The van der Waals surface area contributed by atoms with Gasteiger partial charge in [0, 0.05) is 37.6 Å². The second kappa shape index (κ2) is 6.92. The Morgan fingerprint density at radius 3 is 2.55 bits per heavy atom. The maximum absolute atomic E-state index is 12.9. The second-order valence-electron chi connectivity index (χ2n) is 6.04. The van der Waals surface area contributed by atoms with E-state index in [2.05, 4.69) is 4.90 Å². The van der Waals surface area contributed by atoms with Crippen molar-refractivity contribution in [2.24, 2.45) is 0 Å². The van der Waals surface area contributed by atoms with Crippen molar-refractivity contribution in [2.75, 3.05) is 39.6 Å². The molecule has 0 N–H and O–H groups in total. The molecule has 0 amide bonds. The molecule has 0 saturated carbocycles. The number of piperidine rings is 2. The Kier molecular flexibility index (Phi) is 5.71. The van der Waals surface area contributed by atoms with Gasteiger partial charge in [0.1, 0.15) is 0 Å². The monoisotopic (exact) mass is 323 g/mol. The highest BCUT2D eigenvalue weighted by atomic mass is 35.5. The molecule has 5 nitrogen and oxygen atoms in total. The van der Waals surface area contributed by atoms with Gasteiger partial charge in [-0.05, 0) is 39.8 Å². The van der Waals surface area contributed by atoms with Gasteiger partial charge >= 0.3 is 0 Å². The fraction of sp³-hybridized carbons (Fsp3) is 1.00. The lowest BCUT2D eigenvalue weighted by Gasteiger charge is -2.41. The minimum Gasteiger partial charge on any atom is -0.305 e. The first-order valence-corrected chi connectivity index (χ1v) is 9.39. The predicted octanol–water partition coefficient (Wildman–Crippen LogP) is 1.35. The number of hydrogen-bond acceptors (Lipinski definition) is 3. The molecule has 0 spiro atoms. The van der Waals surface area contributed by atoms with Crippen LogP contribution in [0.3, 0.4) is 0 Å². The summed E-state index contributed by atoms with van der Waals surface area (Å²) in [5.74, 6) is 0.393. The van der Waals surface area contributed by atoms with Crippen LogP contribution in [-0.2, 0) is 10.2 Å². The summed E-state index contributed by atoms with van der Waals surface area (Å²) in [5.41, 5.74) is 0. The van der Waals surface area contributed by atoms with Crippen molar-refractivity contribution in [2.45, 2.75) is 44.2 Å². The van der Waals surface area contributed by atoms with Gasteiger partial charge in [-0.2, -0.15) is 17.0 Å². The van der Waals surface area contributed by atoms with Crippen LogP contribution >= 0.6 is 11.6 Å². The normalized spacial score (nSPS) is 30.8. The maximum atomic E-state index is 12.9. The summed E-state index contributed by atoms with van der Waals surface area (Å²) >= 11 is 5.97. The highest BCUT2D eigenvalue weighted by molar-refractivity contribution is 7.86. The summed E-state index contributed by atoms with van der Waals surface area (Å²) in [7, 11) is 0.677. The zero-order chi connectivity index (χ0) is 14.8. The van der Waals surface area contributed by atoms with E-state index in [9.17, 15) is 8.42 Å². The third kappa shape index (κ3) is 3.47. The lowest BCUT2D eigenvalue weighted by molar-refractivity contribution is 0.174. The van der Waals surface area contributed by atoms with Crippen molar-refractivity contribution in [3.05, 3.63) is 0 Å². The lowest BCUT2D eigenvalue weighted by Crippen LogP contribution is -2.55. The molecule has 2 rings (SSSR count). The Hall–Kier alpha value is 0.120. The molecule has 2 atom stereocenters. The Morgan fingerprint density at radius 2 is 1.90 bits per heavy atom. The predicted molar refractivity (Wildman–Crippen MR) is 82.3 cm³/mol. The molecule has 2 unspecified atom stereocenters. The van der Waals surface area contributed by atoms with Gasteiger partial charge in [-0.25, -0.2) is 0 Å². The van der Waals surface area contributed by atoms with Crippen molar-refractivity contribution >= 4 is 21.8 Å². The molecule has 0 aromatic carbocycles. The van der Waals surface area contributed by atoms with Gasteiger partial charge in [0.25, 0.3) is 10.2 Å². The van der Waals surface area contributed by atoms with Crippen molar-refractivity contribution in [3.8, 4) is 0 Å². The average Bonchev–Trinajstić information content (AvgIpc) is 2.47. The highest BCUT2D eigenvalue weighted by Crippen LogP contribution is 2.26. The quantitative estimate of drug-likeness (QED) is 0.734. The van der Waals surface area contributed by atoms with E-state index < -0.39 is 10.2 Å². The standard InChI is InChI=1S/C13H26ClN3O2S/c1-15(2)13-7-5-8-16(11-13)20(18,19)17-9-4-3-6-12(17)10-14/h12-13H,3-11H2,1-2H3. The minimum absolute atomic E-state index is 0.0323. The molecule has 0 aromatic rings. The molecule has 0 aromatic heterocycles. The van der Waals surface area contributed by atoms with E-state index in [1.54, 1.807) is 8.61 Å². The van der Waals surface area contributed by atoms with Crippen LogP contribution in [0.1, 0.15) is 32.1 Å². The first-order chi connectivity index (χ1) is 9.46. The molecule has 0 radical (unpaired) electrons. The van der Waals surface area contributed by atoms with E-state index in [1.807, 2.05) is 14.1 Å². The minimum atomic E-state index is -3.36. The number of hydrogen-bond donors (Lipinski definition) is 0. The molecule has 20 heavy (non-hydrogen) atoms. The van der Waals surface area contributed by atoms with E-state index in [-0.39, 0.29) is 6.04 Å². The largest absolute Gasteiger partial charge is 0.305 e. The molecule has 2 aliphatic rings. The van der Waals surface area contributed by atoms with E-state index in [0.29, 0.717) is 31.6 Å². The van der Waals surface area contributed by atoms with Crippen LogP contribution < -0.4 is 0 Å². The molecule has 2 aliphatic heterocycles. The molecule has 7 heteroatoms. The van der Waals surface area contributed by atoms with Gasteiger partial charge in [0.2, 0.25) is 0 Å². The number of alkyl halides is 1. The smallest absolute Gasteiger partial charge is 0.282 e. The zero-order valence-electron chi connectivity index (χ0n) is 12.5. The Labute approximate surface area is 128 Å². The van der Waals surface area contributed by atoms with Crippen LogP contribution in [0.15, 0.2) is 0 Å². The Balaban J connectivity index is 2.12. The van der Waals surface area contributed by atoms with Gasteiger partial charge in [-0.3, -0.25) is 0 Å². The SMILES string of the molecule is CN(C)C1CCCN(S(=O)(=O)N2CCCCC2CCl)C1. The number of likely N-dealkylation sites (N-methyl/N-ethyl adjacent to an activating group) is 1. The molecule has 2 saturated heterocycles. The lowest BCUT2D eigenvalue weighted by atomic mass is 10.1. The summed E-state index contributed by atoms with van der Waals surface area (Å²) in [6.07, 6.45) is 4.90. The fourth-order valence-corrected chi connectivity index (χ4v) is 5.47. The van der Waals surface area contributed by atoms with E-state index in [4.69, 9.17) is 11.6 Å². The van der Waals surface area contributed by atoms with Crippen LogP contribution in [0.25, 0.3) is 0 Å². The number of halogens is 1. The summed E-state index contributed by atoms with van der Waals surface area (Å²) < 4.78 is 29.0. The Bertz CT molecular complexity index is 416. The average molecular weight is 324 g/mol. The summed E-state index contributed by atoms with van der Waals surface area (Å²) in [5, 5.41) is 0. The highest BCUT2D eigenvalue weighted by Gasteiger charge is 2.38. The van der Waals surface area contributed by atoms with Crippen molar-refractivity contribution in [1.29, 1.82) is 0 Å². The molecule has 118 valence electrons. The van der Waals surface area contributed by atoms with Crippen molar-refractivity contribution in [1.82, 2.24) is 13.5 Å². The molecule has 0 aliphatic carbocycles. The second-order valence-corrected chi connectivity index (χ2v) is 8.23. The van der Waals surface area contributed by atoms with Crippen LogP contribution in [0.2, 0.25) is 0 Å². The summed E-state index contributed by atoms with van der Waals surface area (Å²) in [4.78, 5) is 2.12. The zero-order valence-corrected chi connectivity index (χ0v) is 14.0. The molecule has 2 heterocycles. The molecular formula is C13H26ClN3O2S. The first-order valence-electron chi connectivity index (χ1n) is 7.46. The van der Waals surface area contributed by atoms with Gasteiger partial charge in [-0.1, -0.05) is 6.42 Å². The maximum Gasteiger partial charge on any atom is 0.282 e. The molecule has 2 fully saturated rings. The van der Waals surface area contributed by atoms with Crippen molar-refractivity contribution < 1.29 is 8.42 Å². The van der Waals surface area contributed by atoms with Crippen molar-refractivity contribution in [3.63, 3.8) is 0 Å². The summed E-state index contributed by atoms with van der Waals surface area (Å²) in [6, 6.07) is 0.285. The van der Waals surface area contributed by atoms with Gasteiger partial charge < -0.3 is 4.90 Å². The van der Waals surface area contributed by atoms with Gasteiger partial charge in [0.05, 0.1) is 0 Å². The van der Waals surface area contributed by atoms with Crippen LogP contribution in [0.5, 0.6) is 0 Å². The van der Waals surface area contributed by atoms with E-state index in [0.717, 1.165) is 32.1 Å². The van der Waals surface area contributed by atoms with Gasteiger partial charge in [0.15, 0.2) is 0 Å². The third-order valence-electron chi connectivity index (χ3n) is 4.46. The van der Waals surface area contributed by atoms with E-state index >= 15 is 0 Å². The Morgan fingerprint density at radius 1 is 1.15 bits per heavy atom. The number of rotatable bonds is 4. The summed E-state index contributed by atoms with van der Waals surface area (Å²) in [6.45, 7) is 1.85. The van der Waals surface area contributed by atoms with Crippen LogP contribution in [0, 0.1) is 0 Å². The van der Waals surface area contributed by atoms with E-state index in [1.165, 1.54) is 0 Å². The fourth-order valence-electron chi connectivity index (χ4n) is 3.13. The number of nitrogens with zero attached hydrogens (tertiary/aromatic N) is 3. The molecule has 0 bridgehead atoms. The van der Waals surface area contributed by atoms with Crippen LogP contribution in [-0.4, -0.2) is 73.6 Å². The third-order valence-corrected chi connectivity index (χ3v) is 6.88. The van der Waals surface area contributed by atoms with Gasteiger partial charge in [-0.15, -0.1) is 11.6 Å². The molecular weight excluding hydrogens is 298 g/mol. The topological polar surface area (TPSA) is 43.9 Å². The van der Waals surface area contributed by atoms with Crippen LogP contribution in [0.4, 0.5) is 0 Å².